The van der Waals surface area contributed by atoms with Crippen LogP contribution in [0.3, 0.4) is 0 Å². The van der Waals surface area contributed by atoms with E-state index in [1.165, 1.54) is 18.2 Å². The van der Waals surface area contributed by atoms with Gasteiger partial charge in [-0.3, -0.25) is 9.78 Å². The molecule has 3 rings (SSSR count). The topological polar surface area (TPSA) is 51.2 Å². The summed E-state index contributed by atoms with van der Waals surface area (Å²) in [7, 11) is 0. The highest BCUT2D eigenvalue weighted by Gasteiger charge is 2.07. The zero-order valence-corrected chi connectivity index (χ0v) is 15.8. The maximum Gasteiger partial charge on any atom is 0.262 e. The Labute approximate surface area is 164 Å². The first-order chi connectivity index (χ1) is 13.1. The average molecular weight is 427 g/mol. The zero-order valence-electron chi connectivity index (χ0n) is 14.2. The molecule has 136 valence electrons. The molecule has 6 heteroatoms. The quantitative estimate of drug-likeness (QED) is 0.591. The van der Waals surface area contributed by atoms with Gasteiger partial charge in [0.25, 0.3) is 5.91 Å². The van der Waals surface area contributed by atoms with Crippen molar-refractivity contribution < 1.29 is 13.9 Å². The van der Waals surface area contributed by atoms with Crippen LogP contribution in [0.2, 0.25) is 0 Å². The van der Waals surface area contributed by atoms with Crippen LogP contribution in [-0.4, -0.2) is 17.5 Å². The molecule has 0 bridgehead atoms. The molecule has 1 heterocycles. The SMILES string of the molecule is O=C(COc1ccc(F)cc1Br)Nc1cccc(/C=C/c2ccccn2)c1. The van der Waals surface area contributed by atoms with Crippen LogP contribution in [0, 0.1) is 5.82 Å². The van der Waals surface area contributed by atoms with Gasteiger partial charge in [0.1, 0.15) is 11.6 Å². The monoisotopic (exact) mass is 426 g/mol. The molecule has 0 aliphatic heterocycles. The number of hydrogen-bond donors (Lipinski definition) is 1. The number of amides is 1. The molecule has 0 atom stereocenters. The fraction of sp³-hybridized carbons (Fsp3) is 0.0476. The van der Waals surface area contributed by atoms with Gasteiger partial charge < -0.3 is 10.1 Å². The van der Waals surface area contributed by atoms with Crippen LogP contribution >= 0.6 is 15.9 Å². The van der Waals surface area contributed by atoms with E-state index in [0.717, 1.165) is 11.3 Å². The van der Waals surface area contributed by atoms with E-state index < -0.39 is 0 Å². The third kappa shape index (κ3) is 5.76. The summed E-state index contributed by atoms with van der Waals surface area (Å²) in [5, 5.41) is 2.78. The van der Waals surface area contributed by atoms with Crippen molar-refractivity contribution in [3.63, 3.8) is 0 Å². The molecule has 0 fully saturated rings. The van der Waals surface area contributed by atoms with Gasteiger partial charge in [0.15, 0.2) is 6.61 Å². The summed E-state index contributed by atoms with van der Waals surface area (Å²) in [6.45, 7) is -0.182. The third-order valence-electron chi connectivity index (χ3n) is 3.56. The van der Waals surface area contributed by atoms with Gasteiger partial charge >= 0.3 is 0 Å². The molecule has 4 nitrogen and oxygen atoms in total. The van der Waals surface area contributed by atoms with Crippen molar-refractivity contribution in [2.24, 2.45) is 0 Å². The van der Waals surface area contributed by atoms with Crippen molar-refractivity contribution >= 4 is 39.7 Å². The Morgan fingerprint density at radius 3 is 2.78 bits per heavy atom. The lowest BCUT2D eigenvalue weighted by Crippen LogP contribution is -2.20. The number of carbonyl (C=O) groups is 1. The highest BCUT2D eigenvalue weighted by atomic mass is 79.9. The van der Waals surface area contributed by atoms with Crippen LogP contribution < -0.4 is 10.1 Å². The Balaban J connectivity index is 1.58. The van der Waals surface area contributed by atoms with E-state index in [1.54, 1.807) is 12.3 Å². The number of nitrogens with one attached hydrogen (secondary N) is 1. The minimum atomic E-state index is -0.380. The van der Waals surface area contributed by atoms with Crippen LogP contribution in [0.1, 0.15) is 11.3 Å². The Kier molecular flexibility index (Phi) is 6.33. The summed E-state index contributed by atoms with van der Waals surface area (Å²) in [6.07, 6.45) is 5.55. The molecule has 2 aromatic carbocycles. The number of anilines is 1. The van der Waals surface area contributed by atoms with Gasteiger partial charge in [0.2, 0.25) is 0 Å². The van der Waals surface area contributed by atoms with E-state index in [2.05, 4.69) is 26.2 Å². The van der Waals surface area contributed by atoms with Crippen molar-refractivity contribution in [3.05, 3.63) is 88.4 Å². The first kappa shape index (κ1) is 18.8. The molecule has 0 saturated heterocycles. The van der Waals surface area contributed by atoms with E-state index in [1.807, 2.05) is 48.6 Å². The second-order valence-corrected chi connectivity index (χ2v) is 6.48. The second-order valence-electron chi connectivity index (χ2n) is 5.62. The number of rotatable bonds is 6. The zero-order chi connectivity index (χ0) is 19.1. The fourth-order valence-corrected chi connectivity index (χ4v) is 2.77. The van der Waals surface area contributed by atoms with Crippen molar-refractivity contribution in [2.75, 3.05) is 11.9 Å². The van der Waals surface area contributed by atoms with Crippen molar-refractivity contribution in [1.82, 2.24) is 4.98 Å². The first-order valence-electron chi connectivity index (χ1n) is 8.17. The van der Waals surface area contributed by atoms with Crippen LogP contribution in [0.4, 0.5) is 10.1 Å². The summed E-state index contributed by atoms with van der Waals surface area (Å²) in [5.41, 5.74) is 2.44. The molecule has 27 heavy (non-hydrogen) atoms. The lowest BCUT2D eigenvalue weighted by Gasteiger charge is -2.09. The third-order valence-corrected chi connectivity index (χ3v) is 4.18. The molecular weight excluding hydrogens is 411 g/mol. The smallest absolute Gasteiger partial charge is 0.262 e. The number of aromatic nitrogens is 1. The number of benzene rings is 2. The number of hydrogen-bond acceptors (Lipinski definition) is 3. The van der Waals surface area contributed by atoms with E-state index in [0.29, 0.717) is 15.9 Å². The highest BCUT2D eigenvalue weighted by Crippen LogP contribution is 2.25. The minimum absolute atomic E-state index is 0.182. The molecule has 0 spiro atoms. The fourth-order valence-electron chi connectivity index (χ4n) is 2.31. The predicted molar refractivity (Wildman–Crippen MR) is 108 cm³/mol. The lowest BCUT2D eigenvalue weighted by atomic mass is 10.1. The number of nitrogens with zero attached hydrogens (tertiary/aromatic N) is 1. The van der Waals surface area contributed by atoms with E-state index >= 15 is 0 Å². The summed E-state index contributed by atoms with van der Waals surface area (Å²) < 4.78 is 18.9. The first-order valence-corrected chi connectivity index (χ1v) is 8.96. The van der Waals surface area contributed by atoms with Gasteiger partial charge in [-0.2, -0.15) is 0 Å². The Hall–Kier alpha value is -2.99. The number of ether oxygens (including phenoxy) is 1. The number of halogens is 2. The van der Waals surface area contributed by atoms with Gasteiger partial charge in [-0.25, -0.2) is 4.39 Å². The summed E-state index contributed by atoms with van der Waals surface area (Å²) >= 11 is 3.20. The molecule has 0 aliphatic rings. The largest absolute Gasteiger partial charge is 0.483 e. The van der Waals surface area contributed by atoms with Crippen molar-refractivity contribution in [2.45, 2.75) is 0 Å². The molecular formula is C21H16BrFN2O2. The Morgan fingerprint density at radius 2 is 2.00 bits per heavy atom. The van der Waals surface area contributed by atoms with Gasteiger partial charge in [-0.1, -0.05) is 24.3 Å². The van der Waals surface area contributed by atoms with Gasteiger partial charge in [0, 0.05) is 11.9 Å². The Bertz CT molecular complexity index is 961. The summed E-state index contributed by atoms with van der Waals surface area (Å²) in [6, 6.07) is 17.1. The standard InChI is InChI=1S/C21H16BrFN2O2/c22-19-13-16(23)8-10-20(19)27-14-21(26)25-18-6-3-4-15(12-18)7-9-17-5-1-2-11-24-17/h1-13H,14H2,(H,25,26)/b9-7+. The van der Waals surface area contributed by atoms with Crippen LogP contribution in [0.5, 0.6) is 5.75 Å². The molecule has 0 radical (unpaired) electrons. The molecule has 0 unspecified atom stereocenters. The normalized spacial score (nSPS) is 10.7. The number of pyridine rings is 1. The average Bonchev–Trinajstić information content (AvgIpc) is 2.67. The maximum absolute atomic E-state index is 13.1. The lowest BCUT2D eigenvalue weighted by molar-refractivity contribution is -0.118. The molecule has 1 aromatic heterocycles. The van der Waals surface area contributed by atoms with Gasteiger partial charge in [0.05, 0.1) is 10.2 Å². The van der Waals surface area contributed by atoms with Crippen LogP contribution in [0.25, 0.3) is 12.2 Å². The molecule has 1 amide bonds. The van der Waals surface area contributed by atoms with E-state index in [-0.39, 0.29) is 18.3 Å². The molecule has 0 aliphatic carbocycles. The minimum Gasteiger partial charge on any atom is -0.483 e. The molecule has 3 aromatic rings. The van der Waals surface area contributed by atoms with E-state index in [9.17, 15) is 9.18 Å². The summed E-state index contributed by atoms with van der Waals surface area (Å²) in [4.78, 5) is 16.3. The van der Waals surface area contributed by atoms with Gasteiger partial charge in [-0.05, 0) is 70.0 Å². The second kappa shape index (κ2) is 9.09. The maximum atomic E-state index is 13.1. The highest BCUT2D eigenvalue weighted by molar-refractivity contribution is 9.10. The summed E-state index contributed by atoms with van der Waals surface area (Å²) in [5.74, 6) is -0.287. The predicted octanol–water partition coefficient (Wildman–Crippen LogP) is 5.17. The number of carbonyl (C=O) groups excluding carboxylic acids is 1. The molecule has 1 N–H and O–H groups in total. The van der Waals surface area contributed by atoms with Crippen LogP contribution in [0.15, 0.2) is 71.3 Å². The van der Waals surface area contributed by atoms with Crippen LogP contribution in [-0.2, 0) is 4.79 Å². The molecule has 0 saturated carbocycles. The Morgan fingerprint density at radius 1 is 1.11 bits per heavy atom. The van der Waals surface area contributed by atoms with E-state index in [4.69, 9.17) is 4.74 Å². The van der Waals surface area contributed by atoms with Crippen molar-refractivity contribution in [1.29, 1.82) is 0 Å². The van der Waals surface area contributed by atoms with Crippen molar-refractivity contribution in [3.8, 4) is 5.75 Å². The van der Waals surface area contributed by atoms with Gasteiger partial charge in [-0.15, -0.1) is 0 Å².